The van der Waals surface area contributed by atoms with E-state index < -0.39 is 17.4 Å². The van der Waals surface area contributed by atoms with Crippen molar-refractivity contribution in [2.75, 3.05) is 7.11 Å². The molecule has 2 aromatic rings. The molecule has 0 unspecified atom stereocenters. The van der Waals surface area contributed by atoms with Crippen LogP contribution >= 0.6 is 0 Å². The molecule has 4 nitrogen and oxygen atoms in total. The number of methoxy groups -OCH3 is 1. The molecule has 0 radical (unpaired) electrons. The Labute approximate surface area is 155 Å². The van der Waals surface area contributed by atoms with Crippen LogP contribution in [-0.4, -0.2) is 25.0 Å². The molecule has 1 atom stereocenters. The first-order chi connectivity index (χ1) is 12.4. The highest BCUT2D eigenvalue weighted by Crippen LogP contribution is 2.32. The average molecular weight is 353 g/mol. The Hall–Kier alpha value is -2.62. The molecule has 26 heavy (non-hydrogen) atoms. The smallest absolute Gasteiger partial charge is 0.328 e. The Morgan fingerprint density at radius 2 is 1.42 bits per heavy atom. The zero-order valence-corrected chi connectivity index (χ0v) is 15.9. The summed E-state index contributed by atoms with van der Waals surface area (Å²) in [5, 5.41) is 2.92. The summed E-state index contributed by atoms with van der Waals surface area (Å²) in [4.78, 5) is 25.5. The lowest BCUT2D eigenvalue weighted by molar-refractivity contribution is -0.146. The second kappa shape index (κ2) is 8.65. The van der Waals surface area contributed by atoms with Gasteiger partial charge in [0, 0.05) is 0 Å². The summed E-state index contributed by atoms with van der Waals surface area (Å²) >= 11 is 0. The molecule has 1 N–H and O–H groups in total. The molecular weight excluding hydrogens is 326 g/mol. The van der Waals surface area contributed by atoms with Gasteiger partial charge in [-0.3, -0.25) is 4.79 Å². The lowest BCUT2D eigenvalue weighted by Crippen LogP contribution is -2.50. The minimum absolute atomic E-state index is 0.217. The molecule has 0 aliphatic rings. The molecule has 0 heterocycles. The van der Waals surface area contributed by atoms with Gasteiger partial charge in [-0.1, -0.05) is 74.5 Å². The molecule has 0 saturated carbocycles. The number of hydrogen-bond acceptors (Lipinski definition) is 3. The molecule has 0 bridgehead atoms. The minimum atomic E-state index is -0.911. The number of benzene rings is 2. The third-order valence-electron chi connectivity index (χ3n) is 4.65. The van der Waals surface area contributed by atoms with Gasteiger partial charge in [0.05, 0.1) is 12.5 Å². The van der Waals surface area contributed by atoms with Crippen LogP contribution in [-0.2, 0) is 19.7 Å². The van der Waals surface area contributed by atoms with Crippen LogP contribution in [0.2, 0.25) is 0 Å². The van der Waals surface area contributed by atoms with Crippen LogP contribution in [0.5, 0.6) is 0 Å². The predicted molar refractivity (Wildman–Crippen MR) is 103 cm³/mol. The number of rotatable bonds is 7. The summed E-state index contributed by atoms with van der Waals surface area (Å²) in [6, 6.07) is 18.6. The van der Waals surface area contributed by atoms with E-state index in [-0.39, 0.29) is 11.8 Å². The van der Waals surface area contributed by atoms with Crippen LogP contribution in [0.15, 0.2) is 60.7 Å². The van der Waals surface area contributed by atoms with Crippen LogP contribution < -0.4 is 5.32 Å². The standard InChI is InChI=1S/C22H27NO3/c1-16(2)15-19(20(24)26-4)23-21(25)22(3,17-11-7-5-8-12-17)18-13-9-6-10-14-18/h5-14,16,19H,15H2,1-4H3,(H,23,25)/t19-/m0/s1. The molecule has 0 aromatic heterocycles. The molecule has 1 amide bonds. The Balaban J connectivity index is 2.42. The highest BCUT2D eigenvalue weighted by molar-refractivity contribution is 5.94. The van der Waals surface area contributed by atoms with Gasteiger partial charge < -0.3 is 10.1 Å². The van der Waals surface area contributed by atoms with Crippen molar-refractivity contribution in [1.29, 1.82) is 0 Å². The van der Waals surface area contributed by atoms with Crippen molar-refractivity contribution in [2.24, 2.45) is 5.92 Å². The first kappa shape index (κ1) is 19.7. The van der Waals surface area contributed by atoms with Gasteiger partial charge in [0.25, 0.3) is 0 Å². The fourth-order valence-corrected chi connectivity index (χ4v) is 3.10. The van der Waals surface area contributed by atoms with Crippen molar-refractivity contribution < 1.29 is 14.3 Å². The molecule has 0 fully saturated rings. The van der Waals surface area contributed by atoms with E-state index in [2.05, 4.69) is 5.32 Å². The Bertz CT molecular complexity index is 686. The number of ether oxygens (including phenoxy) is 1. The summed E-state index contributed by atoms with van der Waals surface area (Å²) in [7, 11) is 1.34. The Morgan fingerprint density at radius 3 is 1.81 bits per heavy atom. The van der Waals surface area contributed by atoms with Crippen molar-refractivity contribution in [3.63, 3.8) is 0 Å². The third-order valence-corrected chi connectivity index (χ3v) is 4.65. The van der Waals surface area contributed by atoms with Crippen LogP contribution in [0.25, 0.3) is 0 Å². The average Bonchev–Trinajstić information content (AvgIpc) is 2.67. The monoisotopic (exact) mass is 353 g/mol. The topological polar surface area (TPSA) is 55.4 Å². The van der Waals surface area contributed by atoms with Gasteiger partial charge in [-0.25, -0.2) is 4.79 Å². The maximum Gasteiger partial charge on any atom is 0.328 e. The van der Waals surface area contributed by atoms with E-state index >= 15 is 0 Å². The van der Waals surface area contributed by atoms with E-state index in [0.717, 1.165) is 11.1 Å². The predicted octanol–water partition coefficient (Wildman–Crippen LogP) is 3.70. The lowest BCUT2D eigenvalue weighted by Gasteiger charge is -2.31. The summed E-state index contributed by atoms with van der Waals surface area (Å²) in [6.45, 7) is 5.90. The number of nitrogens with one attached hydrogen (secondary N) is 1. The molecule has 0 saturated heterocycles. The Morgan fingerprint density at radius 1 is 0.962 bits per heavy atom. The van der Waals surface area contributed by atoms with Gasteiger partial charge in [0.2, 0.25) is 5.91 Å². The highest BCUT2D eigenvalue weighted by atomic mass is 16.5. The normalized spacial score (nSPS) is 12.5. The minimum Gasteiger partial charge on any atom is -0.467 e. The zero-order valence-electron chi connectivity index (χ0n) is 15.9. The van der Waals surface area contributed by atoms with Gasteiger partial charge in [0.1, 0.15) is 6.04 Å². The maximum atomic E-state index is 13.4. The van der Waals surface area contributed by atoms with E-state index in [0.29, 0.717) is 6.42 Å². The number of carbonyl (C=O) groups excluding carboxylic acids is 2. The molecule has 138 valence electrons. The van der Waals surface area contributed by atoms with Gasteiger partial charge in [-0.2, -0.15) is 0 Å². The van der Waals surface area contributed by atoms with Crippen LogP contribution in [0.4, 0.5) is 0 Å². The van der Waals surface area contributed by atoms with E-state index in [4.69, 9.17) is 4.74 Å². The molecule has 0 spiro atoms. The quantitative estimate of drug-likeness (QED) is 0.772. The van der Waals surface area contributed by atoms with Crippen LogP contribution in [0.3, 0.4) is 0 Å². The van der Waals surface area contributed by atoms with Crippen molar-refractivity contribution in [3.8, 4) is 0 Å². The fraction of sp³-hybridized carbons (Fsp3) is 0.364. The van der Waals surface area contributed by atoms with Crippen molar-refractivity contribution in [1.82, 2.24) is 5.32 Å². The zero-order chi connectivity index (χ0) is 19.2. The summed E-state index contributed by atoms with van der Waals surface area (Å²) in [5.41, 5.74) is 0.833. The van der Waals surface area contributed by atoms with Gasteiger partial charge in [-0.15, -0.1) is 0 Å². The first-order valence-electron chi connectivity index (χ1n) is 8.89. The van der Waals surface area contributed by atoms with Gasteiger partial charge in [-0.05, 0) is 30.4 Å². The summed E-state index contributed by atoms with van der Waals surface area (Å²) in [5.74, 6) is -0.388. The second-order valence-corrected chi connectivity index (χ2v) is 7.04. The van der Waals surface area contributed by atoms with Gasteiger partial charge in [0.15, 0.2) is 0 Å². The lowest BCUT2D eigenvalue weighted by atomic mass is 9.75. The number of hydrogen-bond donors (Lipinski definition) is 1. The SMILES string of the molecule is COC(=O)[C@H](CC(C)C)NC(=O)C(C)(c1ccccc1)c1ccccc1. The summed E-state index contributed by atoms with van der Waals surface area (Å²) < 4.78 is 4.88. The van der Waals surface area contributed by atoms with Crippen molar-refractivity contribution >= 4 is 11.9 Å². The van der Waals surface area contributed by atoms with Gasteiger partial charge >= 0.3 is 5.97 Å². The van der Waals surface area contributed by atoms with E-state index in [1.165, 1.54) is 7.11 Å². The van der Waals surface area contributed by atoms with E-state index in [1.807, 2.05) is 81.4 Å². The number of carbonyl (C=O) groups is 2. The first-order valence-corrected chi connectivity index (χ1v) is 8.89. The molecule has 0 aliphatic carbocycles. The summed E-state index contributed by atoms with van der Waals surface area (Å²) in [6.07, 6.45) is 0.526. The molecular formula is C22H27NO3. The van der Waals surface area contributed by atoms with E-state index in [9.17, 15) is 9.59 Å². The second-order valence-electron chi connectivity index (χ2n) is 7.04. The maximum absolute atomic E-state index is 13.4. The molecule has 2 aromatic carbocycles. The fourth-order valence-electron chi connectivity index (χ4n) is 3.10. The van der Waals surface area contributed by atoms with Crippen LogP contribution in [0, 0.1) is 5.92 Å². The van der Waals surface area contributed by atoms with E-state index in [1.54, 1.807) is 0 Å². The van der Waals surface area contributed by atoms with Crippen LogP contribution in [0.1, 0.15) is 38.3 Å². The largest absolute Gasteiger partial charge is 0.467 e. The van der Waals surface area contributed by atoms with Crippen molar-refractivity contribution in [2.45, 2.75) is 38.6 Å². The number of amides is 1. The molecule has 0 aliphatic heterocycles. The Kier molecular flexibility index (Phi) is 6.56. The molecule has 4 heteroatoms. The third kappa shape index (κ3) is 4.31. The number of esters is 1. The van der Waals surface area contributed by atoms with Crippen molar-refractivity contribution in [3.05, 3.63) is 71.8 Å². The molecule has 2 rings (SSSR count). The highest BCUT2D eigenvalue weighted by Gasteiger charge is 2.39.